The summed E-state index contributed by atoms with van der Waals surface area (Å²) in [6.07, 6.45) is 5.46. The molecule has 1 heterocycles. The Balaban J connectivity index is 1.96. The van der Waals surface area contributed by atoms with Crippen LogP contribution in [0.2, 0.25) is 0 Å². The van der Waals surface area contributed by atoms with Crippen LogP contribution in [0, 0.1) is 17.8 Å². The Morgan fingerprint density at radius 1 is 1.25 bits per heavy atom. The van der Waals surface area contributed by atoms with E-state index in [4.69, 9.17) is 4.74 Å². The summed E-state index contributed by atoms with van der Waals surface area (Å²) in [6, 6.07) is 1.45. The second-order valence-corrected chi connectivity index (χ2v) is 7.15. The maximum Gasteiger partial charge on any atom is 0.0503 e. The lowest BCUT2D eigenvalue weighted by atomic mass is 9.76. The van der Waals surface area contributed by atoms with Crippen LogP contribution >= 0.6 is 0 Å². The van der Waals surface area contributed by atoms with Crippen molar-refractivity contribution in [3.63, 3.8) is 0 Å². The van der Waals surface area contributed by atoms with Gasteiger partial charge in [-0.05, 0) is 56.5 Å². The summed E-state index contributed by atoms with van der Waals surface area (Å²) in [5.41, 5.74) is 0. The van der Waals surface area contributed by atoms with E-state index in [1.54, 1.807) is 0 Å². The van der Waals surface area contributed by atoms with Gasteiger partial charge in [0, 0.05) is 25.7 Å². The van der Waals surface area contributed by atoms with Crippen LogP contribution in [0.3, 0.4) is 0 Å². The normalized spacial score (nSPS) is 35.9. The summed E-state index contributed by atoms with van der Waals surface area (Å²) in [7, 11) is 1.83. The topological polar surface area (TPSA) is 24.5 Å². The molecule has 0 amide bonds. The van der Waals surface area contributed by atoms with Gasteiger partial charge in [0.15, 0.2) is 0 Å². The molecule has 118 valence electrons. The van der Waals surface area contributed by atoms with Crippen molar-refractivity contribution in [1.29, 1.82) is 0 Å². The Bertz CT molecular complexity index is 282. The summed E-state index contributed by atoms with van der Waals surface area (Å²) in [5, 5.41) is 3.74. The van der Waals surface area contributed by atoms with Gasteiger partial charge in [-0.15, -0.1) is 0 Å². The third kappa shape index (κ3) is 3.96. The molecule has 2 aliphatic rings. The van der Waals surface area contributed by atoms with E-state index in [1.165, 1.54) is 38.8 Å². The van der Waals surface area contributed by atoms with Gasteiger partial charge in [-0.3, -0.25) is 4.90 Å². The molecule has 1 aliphatic heterocycles. The highest BCUT2D eigenvalue weighted by Gasteiger charge is 2.37. The van der Waals surface area contributed by atoms with E-state index in [-0.39, 0.29) is 0 Å². The van der Waals surface area contributed by atoms with E-state index in [0.717, 1.165) is 36.9 Å². The summed E-state index contributed by atoms with van der Waals surface area (Å²) in [5.74, 6) is 2.50. The van der Waals surface area contributed by atoms with Gasteiger partial charge in [-0.1, -0.05) is 20.8 Å². The molecule has 4 atom stereocenters. The molecule has 2 rings (SSSR count). The number of likely N-dealkylation sites (N-methyl/N-ethyl adjacent to an activating group) is 1. The SMILES string of the molecule is CCNC1CCC(C(C)C)CC1N1CCC(COC)C1. The van der Waals surface area contributed by atoms with Gasteiger partial charge >= 0.3 is 0 Å². The molecule has 0 radical (unpaired) electrons. The molecule has 0 aromatic heterocycles. The zero-order valence-corrected chi connectivity index (χ0v) is 13.9. The Kier molecular flexibility index (Phi) is 6.31. The van der Waals surface area contributed by atoms with Crippen molar-refractivity contribution in [3.05, 3.63) is 0 Å². The number of nitrogens with one attached hydrogen (secondary N) is 1. The third-order valence-corrected chi connectivity index (χ3v) is 5.45. The lowest BCUT2D eigenvalue weighted by molar-refractivity contribution is 0.0912. The Morgan fingerprint density at radius 3 is 2.70 bits per heavy atom. The van der Waals surface area contributed by atoms with Crippen LogP contribution in [0.25, 0.3) is 0 Å². The minimum atomic E-state index is 0.705. The van der Waals surface area contributed by atoms with Crippen LogP contribution in [0.5, 0.6) is 0 Å². The second kappa shape index (κ2) is 7.77. The van der Waals surface area contributed by atoms with Crippen molar-refractivity contribution in [2.75, 3.05) is 33.4 Å². The molecule has 0 aromatic carbocycles. The average Bonchev–Trinajstić information content (AvgIpc) is 2.88. The maximum absolute atomic E-state index is 5.35. The highest BCUT2D eigenvalue weighted by molar-refractivity contribution is 4.94. The number of likely N-dealkylation sites (tertiary alicyclic amines) is 1. The number of methoxy groups -OCH3 is 1. The molecule has 1 saturated heterocycles. The van der Waals surface area contributed by atoms with Gasteiger partial charge in [-0.2, -0.15) is 0 Å². The first-order chi connectivity index (χ1) is 9.65. The van der Waals surface area contributed by atoms with Crippen LogP contribution in [-0.4, -0.2) is 50.3 Å². The molecule has 1 aliphatic carbocycles. The Labute approximate surface area is 125 Å². The van der Waals surface area contributed by atoms with E-state index in [1.807, 2.05) is 7.11 Å². The zero-order chi connectivity index (χ0) is 14.5. The number of hydrogen-bond acceptors (Lipinski definition) is 3. The molecular weight excluding hydrogens is 248 g/mol. The van der Waals surface area contributed by atoms with Gasteiger partial charge < -0.3 is 10.1 Å². The summed E-state index contributed by atoms with van der Waals surface area (Å²) in [4.78, 5) is 2.76. The zero-order valence-electron chi connectivity index (χ0n) is 13.9. The molecule has 0 bridgehead atoms. The van der Waals surface area contributed by atoms with Gasteiger partial charge in [0.05, 0.1) is 6.61 Å². The molecule has 20 heavy (non-hydrogen) atoms. The molecule has 4 unspecified atom stereocenters. The standard InChI is InChI=1S/C17H34N2O/c1-5-18-16-7-6-15(13(2)3)10-17(16)19-9-8-14(11-19)12-20-4/h13-18H,5-12H2,1-4H3. The van der Waals surface area contributed by atoms with Crippen LogP contribution in [0.1, 0.15) is 46.5 Å². The molecule has 0 aromatic rings. The highest BCUT2D eigenvalue weighted by atomic mass is 16.5. The van der Waals surface area contributed by atoms with Crippen molar-refractivity contribution >= 4 is 0 Å². The highest BCUT2D eigenvalue weighted by Crippen LogP contribution is 2.34. The van der Waals surface area contributed by atoms with E-state index >= 15 is 0 Å². The number of rotatable bonds is 6. The maximum atomic E-state index is 5.35. The average molecular weight is 282 g/mol. The quantitative estimate of drug-likeness (QED) is 0.811. The van der Waals surface area contributed by atoms with Crippen molar-refractivity contribution < 1.29 is 4.74 Å². The lowest BCUT2D eigenvalue weighted by Gasteiger charge is -2.43. The van der Waals surface area contributed by atoms with E-state index in [9.17, 15) is 0 Å². The first-order valence-electron chi connectivity index (χ1n) is 8.62. The first kappa shape index (κ1) is 16.3. The monoisotopic (exact) mass is 282 g/mol. The van der Waals surface area contributed by atoms with Crippen molar-refractivity contribution in [2.45, 2.75) is 58.5 Å². The molecule has 3 nitrogen and oxygen atoms in total. The molecular formula is C17H34N2O. The molecule has 0 spiro atoms. The molecule has 1 saturated carbocycles. The lowest BCUT2D eigenvalue weighted by Crippen LogP contribution is -2.53. The van der Waals surface area contributed by atoms with Crippen molar-refractivity contribution in [2.24, 2.45) is 17.8 Å². The minimum Gasteiger partial charge on any atom is -0.384 e. The van der Waals surface area contributed by atoms with Crippen LogP contribution in [-0.2, 0) is 4.74 Å². The van der Waals surface area contributed by atoms with Crippen molar-refractivity contribution in [1.82, 2.24) is 10.2 Å². The number of nitrogens with zero attached hydrogens (tertiary/aromatic N) is 1. The van der Waals surface area contributed by atoms with E-state index in [2.05, 4.69) is 31.0 Å². The van der Waals surface area contributed by atoms with Gasteiger partial charge in [0.25, 0.3) is 0 Å². The van der Waals surface area contributed by atoms with Crippen LogP contribution in [0.15, 0.2) is 0 Å². The van der Waals surface area contributed by atoms with Gasteiger partial charge in [0.2, 0.25) is 0 Å². The van der Waals surface area contributed by atoms with Crippen LogP contribution < -0.4 is 5.32 Å². The summed E-state index contributed by atoms with van der Waals surface area (Å²) in [6.45, 7) is 11.6. The number of ether oxygens (including phenoxy) is 1. The summed E-state index contributed by atoms with van der Waals surface area (Å²) < 4.78 is 5.35. The summed E-state index contributed by atoms with van der Waals surface area (Å²) >= 11 is 0. The largest absolute Gasteiger partial charge is 0.384 e. The predicted molar refractivity (Wildman–Crippen MR) is 85.0 cm³/mol. The number of hydrogen-bond donors (Lipinski definition) is 1. The van der Waals surface area contributed by atoms with Gasteiger partial charge in [0.1, 0.15) is 0 Å². The van der Waals surface area contributed by atoms with Gasteiger partial charge in [-0.25, -0.2) is 0 Å². The van der Waals surface area contributed by atoms with Crippen molar-refractivity contribution in [3.8, 4) is 0 Å². The fourth-order valence-corrected chi connectivity index (χ4v) is 4.22. The predicted octanol–water partition coefficient (Wildman–Crippen LogP) is 2.76. The molecule has 1 N–H and O–H groups in total. The molecule has 3 heteroatoms. The van der Waals surface area contributed by atoms with Crippen LogP contribution in [0.4, 0.5) is 0 Å². The van der Waals surface area contributed by atoms with E-state index in [0.29, 0.717) is 6.04 Å². The minimum absolute atomic E-state index is 0.705. The second-order valence-electron chi connectivity index (χ2n) is 7.15. The Hall–Kier alpha value is -0.120. The first-order valence-corrected chi connectivity index (χ1v) is 8.62. The molecule has 2 fully saturated rings. The third-order valence-electron chi connectivity index (χ3n) is 5.45. The Morgan fingerprint density at radius 2 is 2.05 bits per heavy atom. The smallest absolute Gasteiger partial charge is 0.0503 e. The fraction of sp³-hybridized carbons (Fsp3) is 1.00. The fourth-order valence-electron chi connectivity index (χ4n) is 4.22. The van der Waals surface area contributed by atoms with E-state index < -0.39 is 0 Å².